The molecule has 0 aliphatic rings. The fourth-order valence-electron chi connectivity index (χ4n) is 1.13. The Balaban J connectivity index is 2.96. The largest absolute Gasteiger partial charge is 0.466 e. The smallest absolute Gasteiger partial charge is 0.336 e. The van der Waals surface area contributed by atoms with Gasteiger partial charge in [0, 0.05) is 0 Å². The summed E-state index contributed by atoms with van der Waals surface area (Å²) >= 11 is 5.48. The minimum absolute atomic E-state index is 0.0559. The zero-order valence-corrected chi connectivity index (χ0v) is 9.29. The molecule has 0 bridgehead atoms. The van der Waals surface area contributed by atoms with E-state index in [0.29, 0.717) is 0 Å². The molecule has 0 saturated carbocycles. The molecule has 0 radical (unpaired) electrons. The van der Waals surface area contributed by atoms with E-state index in [9.17, 15) is 14.3 Å². The van der Waals surface area contributed by atoms with E-state index >= 15 is 0 Å². The van der Waals surface area contributed by atoms with Crippen molar-refractivity contribution < 1.29 is 19.0 Å². The van der Waals surface area contributed by atoms with Crippen LogP contribution in [0, 0.1) is 5.82 Å². The zero-order chi connectivity index (χ0) is 12.3. The number of aliphatic hydroxyl groups is 1. The Morgan fingerprint density at radius 3 is 2.75 bits per heavy atom. The van der Waals surface area contributed by atoms with Crippen LogP contribution in [0.15, 0.2) is 30.4 Å². The van der Waals surface area contributed by atoms with Gasteiger partial charge in [-0.15, -0.1) is 0 Å². The molecule has 1 N–H and O–H groups in total. The van der Waals surface area contributed by atoms with Gasteiger partial charge in [0.05, 0.1) is 17.7 Å². The van der Waals surface area contributed by atoms with Gasteiger partial charge in [-0.1, -0.05) is 24.2 Å². The molecule has 0 aromatic heterocycles. The summed E-state index contributed by atoms with van der Waals surface area (Å²) in [6.07, 6.45) is -1.31. The van der Waals surface area contributed by atoms with E-state index in [1.807, 2.05) is 0 Å². The third-order valence-corrected chi connectivity index (χ3v) is 2.34. The van der Waals surface area contributed by atoms with Crippen LogP contribution < -0.4 is 0 Å². The molecule has 0 fully saturated rings. The molecule has 0 heterocycles. The van der Waals surface area contributed by atoms with E-state index < -0.39 is 17.9 Å². The van der Waals surface area contributed by atoms with Crippen molar-refractivity contribution in [1.29, 1.82) is 0 Å². The second kappa shape index (κ2) is 5.09. The van der Waals surface area contributed by atoms with Gasteiger partial charge in [0.15, 0.2) is 0 Å². The summed E-state index contributed by atoms with van der Waals surface area (Å²) < 4.78 is 17.5. The van der Waals surface area contributed by atoms with Gasteiger partial charge < -0.3 is 9.84 Å². The summed E-state index contributed by atoms with van der Waals surface area (Å²) in [5.74, 6) is -1.42. The van der Waals surface area contributed by atoms with Gasteiger partial charge >= 0.3 is 5.97 Å². The molecule has 86 valence electrons. The molecule has 1 rings (SSSR count). The predicted molar refractivity (Wildman–Crippen MR) is 57.5 cm³/mol. The van der Waals surface area contributed by atoms with Gasteiger partial charge in [-0.25, -0.2) is 9.18 Å². The average molecular weight is 245 g/mol. The Morgan fingerprint density at radius 2 is 2.25 bits per heavy atom. The molecule has 0 spiro atoms. The van der Waals surface area contributed by atoms with Crippen LogP contribution in [0.5, 0.6) is 0 Å². The summed E-state index contributed by atoms with van der Waals surface area (Å²) in [7, 11) is 1.17. The third kappa shape index (κ3) is 2.59. The number of esters is 1. The first-order valence-electron chi connectivity index (χ1n) is 4.37. The molecule has 0 amide bonds. The molecule has 3 nitrogen and oxygen atoms in total. The molecule has 1 aromatic rings. The summed E-state index contributed by atoms with van der Waals surface area (Å²) in [6.45, 7) is 3.37. The highest BCUT2D eigenvalue weighted by Crippen LogP contribution is 2.24. The molecule has 0 aliphatic heterocycles. The van der Waals surface area contributed by atoms with Crippen molar-refractivity contribution in [2.45, 2.75) is 6.10 Å². The molecule has 0 saturated heterocycles. The van der Waals surface area contributed by atoms with Crippen molar-refractivity contribution in [3.05, 3.63) is 46.8 Å². The first kappa shape index (κ1) is 12.7. The van der Waals surface area contributed by atoms with Crippen LogP contribution in [-0.2, 0) is 9.53 Å². The van der Waals surface area contributed by atoms with Crippen LogP contribution in [0.1, 0.15) is 11.7 Å². The van der Waals surface area contributed by atoms with Crippen molar-refractivity contribution in [2.75, 3.05) is 7.11 Å². The molecular weight excluding hydrogens is 235 g/mol. The Kier molecular flexibility index (Phi) is 4.04. The van der Waals surface area contributed by atoms with Crippen molar-refractivity contribution in [3.8, 4) is 0 Å². The maximum Gasteiger partial charge on any atom is 0.336 e. The molecule has 0 aliphatic carbocycles. The summed E-state index contributed by atoms with van der Waals surface area (Å²) in [4.78, 5) is 11.1. The van der Waals surface area contributed by atoms with Crippen LogP contribution in [0.4, 0.5) is 4.39 Å². The minimum atomic E-state index is -1.31. The summed E-state index contributed by atoms with van der Waals surface area (Å²) in [6, 6.07) is 3.74. The normalized spacial score (nSPS) is 12.0. The topological polar surface area (TPSA) is 46.5 Å². The Bertz CT molecular complexity index is 431. The quantitative estimate of drug-likeness (QED) is 0.655. The van der Waals surface area contributed by atoms with E-state index in [1.165, 1.54) is 19.2 Å². The fourth-order valence-corrected chi connectivity index (χ4v) is 1.24. The highest BCUT2D eigenvalue weighted by atomic mass is 35.5. The first-order chi connectivity index (χ1) is 7.47. The molecule has 0 unspecified atom stereocenters. The Morgan fingerprint density at radius 1 is 1.62 bits per heavy atom. The average Bonchev–Trinajstić information content (AvgIpc) is 2.29. The fraction of sp³-hybridized carbons (Fsp3) is 0.182. The maximum atomic E-state index is 13.1. The van der Waals surface area contributed by atoms with E-state index in [2.05, 4.69) is 11.3 Å². The zero-order valence-electron chi connectivity index (χ0n) is 8.54. The van der Waals surface area contributed by atoms with Crippen LogP contribution in [-0.4, -0.2) is 18.2 Å². The highest BCUT2D eigenvalue weighted by molar-refractivity contribution is 6.30. The van der Waals surface area contributed by atoms with E-state index in [-0.39, 0.29) is 16.2 Å². The van der Waals surface area contributed by atoms with Crippen molar-refractivity contribution in [3.63, 3.8) is 0 Å². The minimum Gasteiger partial charge on any atom is -0.466 e. The number of methoxy groups -OCH3 is 1. The van der Waals surface area contributed by atoms with Crippen LogP contribution in [0.25, 0.3) is 0 Å². The van der Waals surface area contributed by atoms with Gasteiger partial charge in [0.2, 0.25) is 0 Å². The Labute approximate surface area is 97.1 Å². The number of ether oxygens (including phenoxy) is 1. The second-order valence-electron chi connectivity index (χ2n) is 3.09. The number of carbonyl (C=O) groups is 1. The molecule has 1 atom stereocenters. The van der Waals surface area contributed by atoms with Gasteiger partial charge in [0.25, 0.3) is 0 Å². The van der Waals surface area contributed by atoms with Gasteiger partial charge in [-0.05, 0) is 17.7 Å². The number of halogens is 2. The van der Waals surface area contributed by atoms with E-state index in [1.54, 1.807) is 0 Å². The van der Waals surface area contributed by atoms with Gasteiger partial charge in [-0.3, -0.25) is 0 Å². The lowest BCUT2D eigenvalue weighted by atomic mass is 10.0. The van der Waals surface area contributed by atoms with Crippen molar-refractivity contribution in [1.82, 2.24) is 0 Å². The van der Waals surface area contributed by atoms with Crippen LogP contribution >= 0.6 is 11.6 Å². The lowest BCUT2D eigenvalue weighted by molar-refractivity contribution is -0.137. The summed E-state index contributed by atoms with van der Waals surface area (Å²) in [5.41, 5.74) is 0.0292. The summed E-state index contributed by atoms with van der Waals surface area (Å²) in [5, 5.41) is 9.64. The third-order valence-electron chi connectivity index (χ3n) is 2.04. The molecule has 5 heteroatoms. The second-order valence-corrected chi connectivity index (χ2v) is 3.50. The number of rotatable bonds is 3. The number of hydrogen-bond acceptors (Lipinski definition) is 3. The number of hydrogen-bond donors (Lipinski definition) is 1. The van der Waals surface area contributed by atoms with Crippen LogP contribution in [0.2, 0.25) is 5.02 Å². The van der Waals surface area contributed by atoms with Crippen LogP contribution in [0.3, 0.4) is 0 Å². The Hall–Kier alpha value is -1.39. The molecule has 16 heavy (non-hydrogen) atoms. The van der Waals surface area contributed by atoms with Gasteiger partial charge in [0.1, 0.15) is 11.9 Å². The number of aliphatic hydroxyl groups excluding tert-OH is 1. The first-order valence-corrected chi connectivity index (χ1v) is 4.75. The molecular formula is C11H10ClFO3. The SMILES string of the molecule is C=C(C(=O)OC)[C@@H](O)c1ccc(Cl)c(F)c1. The lowest BCUT2D eigenvalue weighted by Gasteiger charge is -2.12. The highest BCUT2D eigenvalue weighted by Gasteiger charge is 2.19. The van der Waals surface area contributed by atoms with E-state index in [0.717, 1.165) is 6.07 Å². The monoisotopic (exact) mass is 244 g/mol. The van der Waals surface area contributed by atoms with E-state index in [4.69, 9.17) is 11.6 Å². The van der Waals surface area contributed by atoms with Gasteiger partial charge in [-0.2, -0.15) is 0 Å². The maximum absolute atomic E-state index is 13.1. The predicted octanol–water partition coefficient (Wildman–Crippen LogP) is 2.24. The standard InChI is InChI=1S/C11H10ClFO3/c1-6(11(15)16-2)10(14)7-3-4-8(12)9(13)5-7/h3-5,10,14H,1H2,2H3/t10-/m1/s1. The number of benzene rings is 1. The number of carbonyl (C=O) groups excluding carboxylic acids is 1. The molecule has 1 aromatic carbocycles. The van der Waals surface area contributed by atoms with Crippen molar-refractivity contribution >= 4 is 17.6 Å². The van der Waals surface area contributed by atoms with Crippen molar-refractivity contribution in [2.24, 2.45) is 0 Å². The lowest BCUT2D eigenvalue weighted by Crippen LogP contribution is -2.12.